The fourth-order valence-corrected chi connectivity index (χ4v) is 5.39. The lowest BCUT2D eigenvalue weighted by atomic mass is 9.81. The van der Waals surface area contributed by atoms with Gasteiger partial charge >= 0.3 is 12.2 Å². The van der Waals surface area contributed by atoms with Crippen LogP contribution in [0.2, 0.25) is 0 Å². The number of halogens is 3. The molecule has 5 rings (SSSR count). The van der Waals surface area contributed by atoms with Crippen molar-refractivity contribution in [2.75, 3.05) is 16.0 Å². The van der Waals surface area contributed by atoms with Gasteiger partial charge in [-0.1, -0.05) is 18.9 Å². The van der Waals surface area contributed by atoms with Crippen LogP contribution in [0.4, 0.5) is 41.2 Å². The third-order valence-corrected chi connectivity index (χ3v) is 7.59. The monoisotopic (exact) mass is 542 g/mol. The van der Waals surface area contributed by atoms with E-state index in [0.717, 1.165) is 36.5 Å². The lowest BCUT2D eigenvalue weighted by molar-refractivity contribution is -0.137. The fourth-order valence-electron chi connectivity index (χ4n) is 5.39. The molecular weight excluding hydrogens is 509 g/mol. The summed E-state index contributed by atoms with van der Waals surface area (Å²) in [7, 11) is 0. The van der Waals surface area contributed by atoms with Gasteiger partial charge in [0, 0.05) is 41.1 Å². The van der Waals surface area contributed by atoms with Crippen LogP contribution in [-0.2, 0) is 6.18 Å². The number of rotatable bonds is 7. The number of urea groups is 1. The standard InChI is InChI=1S/C27H33F3N8O/c1-26(36-25(39)33-20-8-4-7-18(15-20)27(28,29)30)12-9-19(10-13-26)32-24-31-14-11-22(35-24)34-23-16-21(37-38-23)17-5-2-3-6-17/h4,7-8,11,14-17,19H,2-3,5-6,9-10,12-13H2,1H3,(H2,33,36,39)(H3,31,32,34,35,37,38)/t19-,26-. The molecule has 2 fully saturated rings. The summed E-state index contributed by atoms with van der Waals surface area (Å²) in [5.74, 6) is 2.43. The number of carbonyl (C=O) groups is 1. The molecule has 2 heterocycles. The van der Waals surface area contributed by atoms with Crippen LogP contribution in [0.25, 0.3) is 0 Å². The Kier molecular flexibility index (Phi) is 7.62. The first-order valence-electron chi connectivity index (χ1n) is 13.3. The molecule has 1 aromatic carbocycles. The average Bonchev–Trinajstić information content (AvgIpc) is 3.58. The first kappa shape index (κ1) is 26.8. The molecule has 0 unspecified atom stereocenters. The van der Waals surface area contributed by atoms with Crippen molar-refractivity contribution in [2.24, 2.45) is 0 Å². The van der Waals surface area contributed by atoms with E-state index in [1.54, 1.807) is 12.3 Å². The van der Waals surface area contributed by atoms with Gasteiger partial charge in [0.2, 0.25) is 5.95 Å². The van der Waals surface area contributed by atoms with Crippen molar-refractivity contribution in [1.29, 1.82) is 0 Å². The van der Waals surface area contributed by atoms with Crippen molar-refractivity contribution in [3.63, 3.8) is 0 Å². The number of carbonyl (C=O) groups excluding carboxylic acids is 1. The molecule has 2 aliphatic carbocycles. The summed E-state index contributed by atoms with van der Waals surface area (Å²) in [6, 6.07) is 8.03. The maximum absolute atomic E-state index is 13.0. The van der Waals surface area contributed by atoms with Gasteiger partial charge in [-0.25, -0.2) is 9.78 Å². The van der Waals surface area contributed by atoms with Crippen molar-refractivity contribution in [2.45, 2.75) is 82.0 Å². The number of nitrogens with zero attached hydrogens (tertiary/aromatic N) is 3. The lowest BCUT2D eigenvalue weighted by Gasteiger charge is -2.38. The van der Waals surface area contributed by atoms with Crippen LogP contribution in [0.3, 0.4) is 0 Å². The molecule has 3 aromatic rings. The molecule has 5 N–H and O–H groups in total. The Morgan fingerprint density at radius 1 is 1.05 bits per heavy atom. The zero-order chi connectivity index (χ0) is 27.5. The maximum atomic E-state index is 13.0. The molecular formula is C27H33F3N8O. The normalized spacial score (nSPS) is 21.9. The van der Waals surface area contributed by atoms with E-state index in [1.807, 2.05) is 13.0 Å². The smallest absolute Gasteiger partial charge is 0.351 e. The fraction of sp³-hybridized carbons (Fsp3) is 0.481. The van der Waals surface area contributed by atoms with E-state index < -0.39 is 23.3 Å². The van der Waals surface area contributed by atoms with Crippen molar-refractivity contribution in [3.05, 3.63) is 53.9 Å². The minimum absolute atomic E-state index is 0.0940. The number of aromatic nitrogens is 4. The number of nitrogens with one attached hydrogen (secondary N) is 5. The summed E-state index contributed by atoms with van der Waals surface area (Å²) in [5.41, 5.74) is -0.0374. The Morgan fingerprint density at radius 2 is 1.82 bits per heavy atom. The zero-order valence-corrected chi connectivity index (χ0v) is 21.7. The van der Waals surface area contributed by atoms with Gasteiger partial charge < -0.3 is 21.3 Å². The maximum Gasteiger partial charge on any atom is 0.416 e. The molecule has 0 radical (unpaired) electrons. The van der Waals surface area contributed by atoms with Crippen molar-refractivity contribution in [3.8, 4) is 0 Å². The Balaban J connectivity index is 1.11. The van der Waals surface area contributed by atoms with Gasteiger partial charge in [0.05, 0.1) is 5.56 Å². The molecule has 0 saturated heterocycles. The Morgan fingerprint density at radius 3 is 2.56 bits per heavy atom. The second-order valence-corrected chi connectivity index (χ2v) is 10.7. The molecule has 12 heteroatoms. The summed E-state index contributed by atoms with van der Waals surface area (Å²) in [6.45, 7) is 1.94. The third kappa shape index (κ3) is 6.98. The summed E-state index contributed by atoms with van der Waals surface area (Å²) in [5, 5.41) is 19.6. The van der Waals surface area contributed by atoms with E-state index in [1.165, 1.54) is 37.8 Å². The quantitative estimate of drug-likeness (QED) is 0.231. The van der Waals surface area contributed by atoms with E-state index in [-0.39, 0.29) is 11.7 Å². The average molecular weight is 543 g/mol. The highest BCUT2D eigenvalue weighted by molar-refractivity contribution is 5.89. The topological polar surface area (TPSA) is 120 Å². The molecule has 0 spiro atoms. The first-order chi connectivity index (χ1) is 18.6. The number of anilines is 4. The van der Waals surface area contributed by atoms with Gasteiger partial charge in [0.1, 0.15) is 5.82 Å². The Bertz CT molecular complexity index is 1280. The van der Waals surface area contributed by atoms with Gasteiger partial charge in [-0.05, 0) is 69.7 Å². The van der Waals surface area contributed by atoms with E-state index in [9.17, 15) is 18.0 Å². The van der Waals surface area contributed by atoms with Crippen LogP contribution in [0, 0.1) is 0 Å². The van der Waals surface area contributed by atoms with Crippen LogP contribution in [0.5, 0.6) is 0 Å². The molecule has 2 amide bonds. The van der Waals surface area contributed by atoms with E-state index >= 15 is 0 Å². The summed E-state index contributed by atoms with van der Waals surface area (Å²) in [6.07, 6.45) is 5.05. The Hall–Kier alpha value is -3.83. The van der Waals surface area contributed by atoms with Crippen LogP contribution in [-0.4, -0.2) is 37.8 Å². The van der Waals surface area contributed by atoms with Crippen molar-refractivity contribution >= 4 is 29.3 Å². The Labute approximate surface area is 224 Å². The highest BCUT2D eigenvalue weighted by Gasteiger charge is 2.33. The molecule has 208 valence electrons. The number of H-pyrrole nitrogens is 1. The molecule has 39 heavy (non-hydrogen) atoms. The SMILES string of the molecule is C[C@]1(NC(=O)Nc2cccc(C(F)(F)F)c2)CC[C@H](Nc2nccc(Nc3cc(C4CCCC4)[nH]n3)n2)CC1. The van der Waals surface area contributed by atoms with Gasteiger partial charge in [-0.15, -0.1) is 0 Å². The molecule has 2 aliphatic rings. The van der Waals surface area contributed by atoms with Crippen molar-refractivity contribution < 1.29 is 18.0 Å². The minimum atomic E-state index is -4.47. The second-order valence-electron chi connectivity index (χ2n) is 10.7. The molecule has 0 aliphatic heterocycles. The van der Waals surface area contributed by atoms with Crippen LogP contribution in [0.1, 0.15) is 75.5 Å². The van der Waals surface area contributed by atoms with Crippen LogP contribution in [0.15, 0.2) is 42.6 Å². The van der Waals surface area contributed by atoms with Crippen LogP contribution < -0.4 is 21.3 Å². The molecule has 2 aromatic heterocycles. The zero-order valence-electron chi connectivity index (χ0n) is 21.7. The summed E-state index contributed by atoms with van der Waals surface area (Å²) >= 11 is 0. The van der Waals surface area contributed by atoms with Crippen molar-refractivity contribution in [1.82, 2.24) is 25.5 Å². The predicted molar refractivity (Wildman–Crippen MR) is 143 cm³/mol. The van der Waals surface area contributed by atoms with E-state index in [2.05, 4.69) is 41.4 Å². The predicted octanol–water partition coefficient (Wildman–Crippen LogP) is 6.55. The number of alkyl halides is 3. The molecule has 2 saturated carbocycles. The van der Waals surface area contributed by atoms with Crippen LogP contribution >= 0.6 is 0 Å². The summed E-state index contributed by atoms with van der Waals surface area (Å²) < 4.78 is 38.9. The van der Waals surface area contributed by atoms with Gasteiger partial charge in [-0.2, -0.15) is 23.3 Å². The number of benzene rings is 1. The van der Waals surface area contributed by atoms with E-state index in [4.69, 9.17) is 0 Å². The molecule has 0 bridgehead atoms. The number of amides is 2. The van der Waals surface area contributed by atoms with E-state index in [0.29, 0.717) is 30.5 Å². The largest absolute Gasteiger partial charge is 0.416 e. The van der Waals surface area contributed by atoms with Gasteiger partial charge in [0.25, 0.3) is 0 Å². The molecule has 0 atom stereocenters. The number of hydrogen-bond donors (Lipinski definition) is 5. The highest BCUT2D eigenvalue weighted by atomic mass is 19.4. The third-order valence-electron chi connectivity index (χ3n) is 7.59. The minimum Gasteiger partial charge on any atom is -0.351 e. The molecule has 9 nitrogen and oxygen atoms in total. The summed E-state index contributed by atoms with van der Waals surface area (Å²) in [4.78, 5) is 21.5. The van der Waals surface area contributed by atoms with Gasteiger partial charge in [-0.3, -0.25) is 5.10 Å². The number of hydrogen-bond acceptors (Lipinski definition) is 6. The van der Waals surface area contributed by atoms with Gasteiger partial charge in [0.15, 0.2) is 5.82 Å². The lowest BCUT2D eigenvalue weighted by Crippen LogP contribution is -2.51. The second kappa shape index (κ2) is 11.1. The first-order valence-corrected chi connectivity index (χ1v) is 13.3. The number of aromatic amines is 1. The highest BCUT2D eigenvalue weighted by Crippen LogP contribution is 2.34.